The van der Waals surface area contributed by atoms with E-state index in [1.54, 1.807) is 0 Å². The molecule has 1 nitrogen and oxygen atoms in total. The highest BCUT2D eigenvalue weighted by Gasteiger charge is 2.16. The number of likely N-dealkylation sites (tertiary alicyclic amines) is 1. The first-order valence-electron chi connectivity index (χ1n) is 2.98. The maximum absolute atomic E-state index is 12.5. The fourth-order valence-electron chi connectivity index (χ4n) is 0.763. The molecule has 1 atom stereocenters. The molecule has 1 rings (SSSR count). The Hall–Kier alpha value is -0.110. The fraction of sp³-hybridized carbons (Fsp3) is 1.00. The van der Waals surface area contributed by atoms with Crippen LogP contribution in [0.4, 0.5) is 4.39 Å². The SMILES string of the molecule is [2H]C1(F)CCN(C)C1. The summed E-state index contributed by atoms with van der Waals surface area (Å²) in [7, 11) is 1.83. The maximum Gasteiger partial charge on any atom is 0.114 e. The second-order valence-corrected chi connectivity index (χ2v) is 2.01. The Morgan fingerprint density at radius 3 is 2.86 bits per heavy atom. The van der Waals surface area contributed by atoms with Gasteiger partial charge in [-0.05, 0) is 13.5 Å². The smallest absolute Gasteiger partial charge is 0.114 e. The quantitative estimate of drug-likeness (QED) is 0.436. The normalized spacial score (nSPS) is 46.9. The zero-order valence-electron chi connectivity index (χ0n) is 5.45. The van der Waals surface area contributed by atoms with Gasteiger partial charge in [-0.15, -0.1) is 0 Å². The molecule has 0 aromatic rings. The molecule has 0 saturated carbocycles. The summed E-state index contributed by atoms with van der Waals surface area (Å²) in [6.45, 7) is 0.993. The molecule has 1 unspecified atom stereocenters. The summed E-state index contributed by atoms with van der Waals surface area (Å²) >= 11 is 0. The number of hydrogen-bond acceptors (Lipinski definition) is 1. The molecule has 0 aromatic heterocycles. The van der Waals surface area contributed by atoms with Crippen molar-refractivity contribution in [2.24, 2.45) is 0 Å². The average molecular weight is 104 g/mol. The second kappa shape index (κ2) is 1.78. The highest BCUT2D eigenvalue weighted by Crippen LogP contribution is 2.08. The Balaban J connectivity index is 2.44. The van der Waals surface area contributed by atoms with E-state index in [1.165, 1.54) is 0 Å². The Bertz CT molecular complexity index is 94.4. The minimum atomic E-state index is -1.66. The molecular weight excluding hydrogens is 93.1 g/mol. The summed E-state index contributed by atoms with van der Waals surface area (Å²) in [5, 5.41) is 0. The van der Waals surface area contributed by atoms with Crippen LogP contribution in [0.25, 0.3) is 0 Å². The van der Waals surface area contributed by atoms with Gasteiger partial charge in [-0.2, -0.15) is 0 Å². The fourth-order valence-corrected chi connectivity index (χ4v) is 0.763. The molecule has 42 valence electrons. The Kier molecular flexibility index (Phi) is 0.978. The van der Waals surface area contributed by atoms with Crippen molar-refractivity contribution in [3.63, 3.8) is 0 Å². The van der Waals surface area contributed by atoms with Gasteiger partial charge in [0, 0.05) is 13.1 Å². The molecule has 2 heteroatoms. The molecule has 1 fully saturated rings. The molecule has 1 aliphatic rings. The lowest BCUT2D eigenvalue weighted by molar-refractivity contribution is 0.321. The first kappa shape index (κ1) is 3.84. The van der Waals surface area contributed by atoms with Crippen molar-refractivity contribution >= 4 is 0 Å². The van der Waals surface area contributed by atoms with Gasteiger partial charge in [-0.25, -0.2) is 4.39 Å². The van der Waals surface area contributed by atoms with E-state index in [4.69, 9.17) is 1.37 Å². The molecule has 0 aliphatic carbocycles. The van der Waals surface area contributed by atoms with Crippen molar-refractivity contribution in [3.05, 3.63) is 0 Å². The van der Waals surface area contributed by atoms with Crippen LogP contribution in [0, 0.1) is 0 Å². The highest BCUT2D eigenvalue weighted by atomic mass is 19.1. The predicted octanol–water partition coefficient (Wildman–Crippen LogP) is 0.660. The number of alkyl halides is 1. The zero-order chi connectivity index (χ0) is 6.20. The van der Waals surface area contributed by atoms with Crippen LogP contribution in [0.15, 0.2) is 0 Å². The van der Waals surface area contributed by atoms with E-state index in [0.29, 0.717) is 6.42 Å². The molecule has 1 saturated heterocycles. The van der Waals surface area contributed by atoms with E-state index in [-0.39, 0.29) is 6.54 Å². The number of nitrogens with zero attached hydrogens (tertiary/aromatic N) is 1. The molecule has 0 spiro atoms. The van der Waals surface area contributed by atoms with E-state index >= 15 is 0 Å². The zero-order valence-corrected chi connectivity index (χ0v) is 4.45. The van der Waals surface area contributed by atoms with Crippen LogP contribution in [0.2, 0.25) is 0 Å². The predicted molar refractivity (Wildman–Crippen MR) is 27.0 cm³/mol. The summed E-state index contributed by atoms with van der Waals surface area (Å²) in [5.74, 6) is 0. The summed E-state index contributed by atoms with van der Waals surface area (Å²) in [5.41, 5.74) is 0. The maximum atomic E-state index is 12.5. The summed E-state index contributed by atoms with van der Waals surface area (Å²) in [6.07, 6.45) is -1.29. The van der Waals surface area contributed by atoms with Crippen molar-refractivity contribution in [3.8, 4) is 0 Å². The standard InChI is InChI=1S/C5H10FN/c1-7-3-2-5(6)4-7/h5H,2-4H2,1H3/i5D. The Morgan fingerprint density at radius 2 is 2.71 bits per heavy atom. The molecule has 7 heavy (non-hydrogen) atoms. The van der Waals surface area contributed by atoms with Crippen molar-refractivity contribution in [1.29, 1.82) is 0 Å². The topological polar surface area (TPSA) is 3.24 Å². The van der Waals surface area contributed by atoms with Gasteiger partial charge in [0.15, 0.2) is 0 Å². The van der Waals surface area contributed by atoms with Crippen molar-refractivity contribution < 1.29 is 5.76 Å². The number of halogens is 1. The van der Waals surface area contributed by atoms with Crippen molar-refractivity contribution in [2.45, 2.75) is 12.6 Å². The van der Waals surface area contributed by atoms with Gasteiger partial charge in [-0.1, -0.05) is 0 Å². The highest BCUT2D eigenvalue weighted by molar-refractivity contribution is 4.70. The van der Waals surface area contributed by atoms with Gasteiger partial charge in [0.25, 0.3) is 0 Å². The molecular formula is C5H10FN. The van der Waals surface area contributed by atoms with Crippen LogP contribution >= 0.6 is 0 Å². The monoisotopic (exact) mass is 104 g/mol. The van der Waals surface area contributed by atoms with Crippen LogP contribution in [0.1, 0.15) is 7.79 Å². The molecule has 0 bridgehead atoms. The van der Waals surface area contributed by atoms with Crippen LogP contribution in [0.3, 0.4) is 0 Å². The minimum absolute atomic E-state index is 0.271. The number of rotatable bonds is 0. The molecule has 0 N–H and O–H groups in total. The minimum Gasteiger partial charge on any atom is -0.303 e. The first-order chi connectivity index (χ1) is 3.60. The third-order valence-corrected chi connectivity index (χ3v) is 1.21. The Labute approximate surface area is 44.5 Å². The summed E-state index contributed by atoms with van der Waals surface area (Å²) in [4.78, 5) is 1.83. The average Bonchev–Trinajstić information content (AvgIpc) is 1.82. The van der Waals surface area contributed by atoms with Crippen molar-refractivity contribution in [2.75, 3.05) is 20.1 Å². The summed E-state index contributed by atoms with van der Waals surface area (Å²) in [6, 6.07) is 0. The van der Waals surface area contributed by atoms with Gasteiger partial charge in [0.05, 0.1) is 1.37 Å². The van der Waals surface area contributed by atoms with Crippen LogP contribution in [-0.4, -0.2) is 31.2 Å². The third kappa shape index (κ3) is 1.13. The molecule has 0 radical (unpaired) electrons. The number of hydrogen-bond donors (Lipinski definition) is 0. The van der Waals surface area contributed by atoms with Crippen LogP contribution < -0.4 is 0 Å². The molecule has 1 heterocycles. The summed E-state index contributed by atoms with van der Waals surface area (Å²) < 4.78 is 19.4. The van der Waals surface area contributed by atoms with E-state index < -0.39 is 6.15 Å². The molecule has 1 aliphatic heterocycles. The van der Waals surface area contributed by atoms with Gasteiger partial charge >= 0.3 is 0 Å². The van der Waals surface area contributed by atoms with Gasteiger partial charge in [-0.3, -0.25) is 0 Å². The third-order valence-electron chi connectivity index (χ3n) is 1.21. The second-order valence-electron chi connectivity index (χ2n) is 2.01. The van der Waals surface area contributed by atoms with E-state index in [0.717, 1.165) is 6.54 Å². The first-order valence-corrected chi connectivity index (χ1v) is 2.48. The lowest BCUT2D eigenvalue weighted by Gasteiger charge is -2.01. The van der Waals surface area contributed by atoms with Crippen LogP contribution in [0.5, 0.6) is 0 Å². The van der Waals surface area contributed by atoms with E-state index in [2.05, 4.69) is 0 Å². The van der Waals surface area contributed by atoms with Gasteiger partial charge in [0.2, 0.25) is 0 Å². The largest absolute Gasteiger partial charge is 0.303 e. The Morgan fingerprint density at radius 1 is 2.00 bits per heavy atom. The molecule has 0 aromatic carbocycles. The van der Waals surface area contributed by atoms with Crippen molar-refractivity contribution in [1.82, 2.24) is 4.90 Å². The van der Waals surface area contributed by atoms with Gasteiger partial charge in [0.1, 0.15) is 6.15 Å². The van der Waals surface area contributed by atoms with E-state index in [9.17, 15) is 4.39 Å². The lowest BCUT2D eigenvalue weighted by Crippen LogP contribution is -2.13. The van der Waals surface area contributed by atoms with E-state index in [1.807, 2.05) is 11.9 Å². The van der Waals surface area contributed by atoms with Crippen LogP contribution in [-0.2, 0) is 0 Å². The van der Waals surface area contributed by atoms with Gasteiger partial charge < -0.3 is 4.90 Å². The lowest BCUT2D eigenvalue weighted by atomic mass is 10.4. The molecule has 0 amide bonds.